The second kappa shape index (κ2) is 19.4. The minimum atomic E-state index is -4.80. The van der Waals surface area contributed by atoms with E-state index in [1.54, 1.807) is 75.3 Å². The molecule has 2 aromatic heterocycles. The van der Waals surface area contributed by atoms with E-state index in [1.807, 2.05) is 20.9 Å². The quantitative estimate of drug-likeness (QED) is 0.117. The largest absolute Gasteiger partial charge is 0.573 e. The summed E-state index contributed by atoms with van der Waals surface area (Å²) in [6, 6.07) is 14.2. The smallest absolute Gasteiger partial charge is 0.406 e. The van der Waals surface area contributed by atoms with E-state index >= 15 is 0 Å². The van der Waals surface area contributed by atoms with Crippen LogP contribution in [0.2, 0.25) is 0 Å². The van der Waals surface area contributed by atoms with Gasteiger partial charge in [0.1, 0.15) is 28.8 Å². The summed E-state index contributed by atoms with van der Waals surface area (Å²) in [5.74, 6) is -1.56. The van der Waals surface area contributed by atoms with Crippen molar-refractivity contribution < 1.29 is 36.3 Å². The zero-order valence-corrected chi connectivity index (χ0v) is 31.8. The van der Waals surface area contributed by atoms with Crippen LogP contribution in [0.3, 0.4) is 0 Å². The lowest BCUT2D eigenvalue weighted by Crippen LogP contribution is -2.31. The van der Waals surface area contributed by atoms with Gasteiger partial charge in [0.2, 0.25) is 0 Å². The molecule has 3 aromatic carbocycles. The first-order chi connectivity index (χ1) is 24.7. The number of benzene rings is 3. The van der Waals surface area contributed by atoms with E-state index in [1.165, 1.54) is 24.3 Å². The first kappa shape index (κ1) is 42.7. The van der Waals surface area contributed by atoms with Crippen molar-refractivity contribution in [2.45, 2.75) is 46.1 Å². The third-order valence-corrected chi connectivity index (χ3v) is 8.18. The van der Waals surface area contributed by atoms with Crippen LogP contribution in [0.15, 0.2) is 90.2 Å². The molecular weight excluding hydrogens is 787 g/mol. The zero-order valence-electron chi connectivity index (χ0n) is 29.4. The molecule has 53 heavy (non-hydrogen) atoms. The summed E-state index contributed by atoms with van der Waals surface area (Å²) in [6.07, 6.45) is 3.26. The molecule has 5 aromatic rings. The predicted octanol–water partition coefficient (Wildman–Crippen LogP) is 8.97. The maximum atomic E-state index is 14.4. The summed E-state index contributed by atoms with van der Waals surface area (Å²) < 4.78 is 72.4. The Balaban J connectivity index is 0.000000301. The van der Waals surface area contributed by atoms with Crippen molar-refractivity contribution in [3.8, 4) is 16.9 Å². The fourth-order valence-corrected chi connectivity index (χ4v) is 5.65. The number of ether oxygens (including phenoxy) is 1. The first-order valence-electron chi connectivity index (χ1n) is 16.3. The second-order valence-electron chi connectivity index (χ2n) is 11.9. The van der Waals surface area contributed by atoms with Crippen molar-refractivity contribution >= 4 is 40.2 Å². The Kier molecular flexibility index (Phi) is 15.6. The van der Waals surface area contributed by atoms with Gasteiger partial charge < -0.3 is 23.7 Å². The molecule has 16 heteroatoms. The molecule has 0 saturated carbocycles. The third-order valence-electron chi connectivity index (χ3n) is 7.57. The van der Waals surface area contributed by atoms with Crippen LogP contribution in [0.25, 0.3) is 11.1 Å². The molecule has 0 N–H and O–H groups in total. The number of rotatable bonds is 12. The average Bonchev–Trinajstić information content (AvgIpc) is 3.74. The number of imidazole rings is 2. The second-order valence-corrected chi connectivity index (χ2v) is 12.8. The topological polar surface area (TPSA) is 85.5 Å². The summed E-state index contributed by atoms with van der Waals surface area (Å²) in [5.41, 5.74) is 2.92. The minimum Gasteiger partial charge on any atom is -0.406 e. The van der Waals surface area contributed by atoms with Gasteiger partial charge >= 0.3 is 6.36 Å². The van der Waals surface area contributed by atoms with Crippen LogP contribution in [0, 0.1) is 11.6 Å². The molecule has 0 unspecified atom stereocenters. The van der Waals surface area contributed by atoms with Crippen LogP contribution < -0.4 is 4.74 Å². The number of halogens is 7. The van der Waals surface area contributed by atoms with Gasteiger partial charge in [0, 0.05) is 58.2 Å². The first-order valence-corrected chi connectivity index (χ1v) is 17.1. The van der Waals surface area contributed by atoms with Crippen molar-refractivity contribution in [3.63, 3.8) is 0 Å². The van der Waals surface area contributed by atoms with E-state index in [0.717, 1.165) is 30.5 Å². The van der Waals surface area contributed by atoms with Crippen LogP contribution in [0.4, 0.5) is 22.0 Å². The van der Waals surface area contributed by atoms with Gasteiger partial charge in [0.15, 0.2) is 0 Å². The van der Waals surface area contributed by atoms with Crippen molar-refractivity contribution in [1.82, 2.24) is 28.9 Å². The SMILES string of the molecule is CCCN(Cc1ccc(F)c(-c2ccc(OC(F)(F)F)cc2)c1)C(=O)c1cn(C)cn1.CCCN(Cc1ccc(F)c(Br)c1)C(=O)c1cn(C)cn1.Cl. The molecule has 9 nitrogen and oxygen atoms in total. The van der Waals surface area contributed by atoms with Crippen molar-refractivity contribution in [2.24, 2.45) is 14.1 Å². The molecular formula is C37H39BrClF5N6O3. The van der Waals surface area contributed by atoms with E-state index in [0.29, 0.717) is 46.6 Å². The molecule has 2 heterocycles. The average molecular weight is 826 g/mol. The Morgan fingerprint density at radius 3 is 1.64 bits per heavy atom. The summed E-state index contributed by atoms with van der Waals surface area (Å²) in [4.78, 5) is 36.8. The number of hydrogen-bond acceptors (Lipinski definition) is 5. The van der Waals surface area contributed by atoms with Gasteiger partial charge in [-0.1, -0.05) is 38.1 Å². The normalized spacial score (nSPS) is 10.9. The van der Waals surface area contributed by atoms with Crippen molar-refractivity contribution in [2.75, 3.05) is 13.1 Å². The number of aryl methyl sites for hydroxylation is 2. The van der Waals surface area contributed by atoms with Crippen LogP contribution >= 0.6 is 28.3 Å². The number of amides is 2. The molecule has 0 bridgehead atoms. The van der Waals surface area contributed by atoms with Gasteiger partial charge in [-0.25, -0.2) is 18.7 Å². The Hall–Kier alpha value is -4.76. The van der Waals surface area contributed by atoms with E-state index < -0.39 is 12.2 Å². The highest BCUT2D eigenvalue weighted by Crippen LogP contribution is 2.29. The Morgan fingerprint density at radius 1 is 0.755 bits per heavy atom. The van der Waals surface area contributed by atoms with Crippen LogP contribution in [0.5, 0.6) is 5.75 Å². The Labute approximate surface area is 318 Å². The van der Waals surface area contributed by atoms with Gasteiger partial charge in [-0.3, -0.25) is 9.59 Å². The Morgan fingerprint density at radius 2 is 1.23 bits per heavy atom. The number of nitrogens with zero attached hydrogens (tertiary/aromatic N) is 6. The fourth-order valence-electron chi connectivity index (χ4n) is 5.22. The molecule has 0 fully saturated rings. The fraction of sp³-hybridized carbons (Fsp3) is 0.297. The lowest BCUT2D eigenvalue weighted by atomic mass is 10.0. The monoisotopic (exact) mass is 824 g/mol. The number of alkyl halides is 3. The molecule has 0 saturated heterocycles. The predicted molar refractivity (Wildman–Crippen MR) is 196 cm³/mol. The van der Waals surface area contributed by atoms with Gasteiger partial charge in [0.25, 0.3) is 11.8 Å². The van der Waals surface area contributed by atoms with E-state index in [9.17, 15) is 31.5 Å². The minimum absolute atomic E-state index is 0. The van der Waals surface area contributed by atoms with Crippen LogP contribution in [-0.2, 0) is 27.2 Å². The Bertz CT molecular complexity index is 1970. The van der Waals surface area contributed by atoms with Crippen LogP contribution in [0.1, 0.15) is 58.8 Å². The number of carbonyl (C=O) groups excluding carboxylic acids is 2. The van der Waals surface area contributed by atoms with E-state index in [4.69, 9.17) is 0 Å². The molecule has 0 aliphatic carbocycles. The molecule has 2 amide bonds. The molecule has 0 spiro atoms. The zero-order chi connectivity index (χ0) is 38.0. The maximum Gasteiger partial charge on any atom is 0.573 e. The number of hydrogen-bond donors (Lipinski definition) is 0. The van der Waals surface area contributed by atoms with Gasteiger partial charge in [-0.2, -0.15) is 0 Å². The van der Waals surface area contributed by atoms with E-state index in [2.05, 4.69) is 30.6 Å². The van der Waals surface area contributed by atoms with Gasteiger partial charge in [-0.15, -0.1) is 25.6 Å². The highest BCUT2D eigenvalue weighted by atomic mass is 79.9. The molecule has 284 valence electrons. The van der Waals surface area contributed by atoms with Gasteiger partial charge in [-0.05, 0) is 81.9 Å². The third kappa shape index (κ3) is 12.4. The molecule has 5 rings (SSSR count). The lowest BCUT2D eigenvalue weighted by molar-refractivity contribution is -0.274. The lowest BCUT2D eigenvalue weighted by Gasteiger charge is -2.22. The standard InChI is InChI=1S/C22H21F4N3O2.C15H17BrFN3O.ClH/c1-3-10-29(21(30)20-13-28(2)14-27-20)12-15-4-9-19(23)18(11-15)16-5-7-17(8-6-16)31-22(24,25)26;1-3-6-20(15(21)14-9-19(2)10-18-14)8-11-4-5-13(17)12(16)7-11;/h4-9,11,13-14H,3,10,12H2,1-2H3;4-5,7,9-10H,3,6,8H2,1-2H3;1H. The van der Waals surface area contributed by atoms with Crippen molar-refractivity contribution in [3.05, 3.63) is 124 Å². The summed E-state index contributed by atoms with van der Waals surface area (Å²) >= 11 is 3.17. The highest BCUT2D eigenvalue weighted by Gasteiger charge is 2.31. The number of aromatic nitrogens is 4. The highest BCUT2D eigenvalue weighted by molar-refractivity contribution is 9.10. The van der Waals surface area contributed by atoms with Crippen molar-refractivity contribution in [1.29, 1.82) is 0 Å². The summed E-state index contributed by atoms with van der Waals surface area (Å²) in [6.45, 7) is 5.75. The van der Waals surface area contributed by atoms with Gasteiger partial charge in [0.05, 0.1) is 17.1 Å². The molecule has 0 aliphatic heterocycles. The maximum absolute atomic E-state index is 14.4. The van der Waals surface area contributed by atoms with E-state index in [-0.39, 0.29) is 47.9 Å². The number of carbonyl (C=O) groups is 2. The molecule has 0 atom stereocenters. The summed E-state index contributed by atoms with van der Waals surface area (Å²) in [5, 5.41) is 0. The van der Waals surface area contributed by atoms with Crippen LogP contribution in [-0.4, -0.2) is 60.2 Å². The molecule has 0 radical (unpaired) electrons. The molecule has 0 aliphatic rings. The summed E-state index contributed by atoms with van der Waals surface area (Å²) in [7, 11) is 3.59.